The molecule has 0 aliphatic heterocycles. The third-order valence-corrected chi connectivity index (χ3v) is 15.1. The molecule has 0 unspecified atom stereocenters. The summed E-state index contributed by atoms with van der Waals surface area (Å²) in [5, 5.41) is 62.4. The van der Waals surface area contributed by atoms with Gasteiger partial charge in [-0.05, 0) is 110 Å². The van der Waals surface area contributed by atoms with Crippen molar-refractivity contribution in [1.29, 1.82) is 36.8 Å². The lowest BCUT2D eigenvalue weighted by molar-refractivity contribution is -0.274. The van der Waals surface area contributed by atoms with Gasteiger partial charge in [0.1, 0.15) is 87.0 Å². The Morgan fingerprint density at radius 2 is 0.726 bits per heavy atom. The van der Waals surface area contributed by atoms with Gasteiger partial charge < -0.3 is 44.1 Å². The zero-order valence-corrected chi connectivity index (χ0v) is 57.5. The van der Waals surface area contributed by atoms with E-state index < -0.39 is 45.5 Å². The number of thioether (sulfide) groups is 1. The predicted molar refractivity (Wildman–Crippen MR) is 383 cm³/mol. The van der Waals surface area contributed by atoms with E-state index in [9.17, 15) is 41.9 Å². The standard InChI is InChI=1S/C14H13N3O2.C12H6F3N3O2.C12H6N4O.C12H9N3O2.C12H9N3OS.C11H6BrN3O/c1-2-7-19-11-5-3-10(4-6-11)13-12(8-15)14(18)17-9-16-13;13-12(14,15)20-8-3-1-2-7(4-8)10-9(5-16)11(19)18-6-17-10;13-5-8-2-1-3-9(4-8)11-10(6-14)12(17)16-7-15-11;2*1-17-9-4-2-8(3-5-9)11-10(6-13)12(16)15-7-14-11;12-8-3-1-2-7(4-8)10-9(5-13)11(16)15-6-14-10/h3-6,9H,2,7H2,1H3,(H,16,17,18);1-4,6H,(H,17,18,19);1-4,7H,(H,15,16,17);2*2-5,7H,1H3,(H,14,15,16);1-4,6H,(H,14,15,16). The average Bonchev–Trinajstić information content (AvgIpc) is 0.858. The molecule has 0 atom stereocenters. The fraction of sp³-hybridized carbons (Fsp3) is 0.0822. The second-order valence-corrected chi connectivity index (χ2v) is 22.3. The third kappa shape index (κ3) is 21.3. The number of nitrogens with one attached hydrogen (secondary N) is 6. The molecule has 0 aliphatic rings. The van der Waals surface area contributed by atoms with Crippen LogP contribution in [-0.2, 0) is 0 Å². The van der Waals surface area contributed by atoms with Crippen molar-refractivity contribution in [2.75, 3.05) is 20.0 Å². The van der Waals surface area contributed by atoms with Gasteiger partial charge in [-0.2, -0.15) is 36.8 Å². The first kappa shape index (κ1) is 78.4. The second-order valence-electron chi connectivity index (χ2n) is 20.5. The highest BCUT2D eigenvalue weighted by atomic mass is 79.9. The van der Waals surface area contributed by atoms with E-state index in [2.05, 4.69) is 80.5 Å². The molecule has 12 rings (SSSR count). The molecular formula is C73H49BrF3N19O9S. The number of methoxy groups -OCH3 is 1. The zero-order chi connectivity index (χ0) is 76.7. The average molecular weight is 1510 g/mol. The number of aromatic nitrogens is 12. The van der Waals surface area contributed by atoms with E-state index in [1.54, 1.807) is 104 Å². The van der Waals surface area contributed by atoms with E-state index in [4.69, 9.17) is 46.3 Å². The third-order valence-electron chi connectivity index (χ3n) is 13.8. The quantitative estimate of drug-likeness (QED) is 0.0619. The number of nitriles is 7. The molecule has 6 aromatic carbocycles. The monoisotopic (exact) mass is 1500 g/mol. The van der Waals surface area contributed by atoms with Crippen LogP contribution in [0.3, 0.4) is 0 Å². The van der Waals surface area contributed by atoms with Crippen molar-refractivity contribution in [2.24, 2.45) is 0 Å². The van der Waals surface area contributed by atoms with Crippen molar-refractivity contribution >= 4 is 27.7 Å². The largest absolute Gasteiger partial charge is 0.573 e. The number of rotatable bonds is 12. The molecule has 12 aromatic rings. The van der Waals surface area contributed by atoms with E-state index >= 15 is 0 Å². The number of H-pyrrole nitrogens is 6. The Morgan fingerprint density at radius 3 is 1.05 bits per heavy atom. The minimum atomic E-state index is -4.82. The number of hydrogen-bond acceptors (Lipinski definition) is 23. The van der Waals surface area contributed by atoms with Gasteiger partial charge in [0.15, 0.2) is 0 Å². The van der Waals surface area contributed by atoms with Crippen molar-refractivity contribution < 1.29 is 27.4 Å². The summed E-state index contributed by atoms with van der Waals surface area (Å²) in [5.41, 5.74) is 2.88. The first-order valence-electron chi connectivity index (χ1n) is 30.2. The Kier molecular flexibility index (Phi) is 28.5. The van der Waals surface area contributed by atoms with Crippen molar-refractivity contribution in [3.05, 3.63) is 289 Å². The maximum absolute atomic E-state index is 12.1. The lowest BCUT2D eigenvalue weighted by Gasteiger charge is -2.10. The van der Waals surface area contributed by atoms with Gasteiger partial charge in [-0.15, -0.1) is 24.9 Å². The molecule has 524 valence electrons. The summed E-state index contributed by atoms with van der Waals surface area (Å²) in [6.45, 7) is 2.69. The normalized spacial score (nSPS) is 9.92. The fourth-order valence-corrected chi connectivity index (χ4v) is 9.78. The first-order valence-corrected chi connectivity index (χ1v) is 32.2. The van der Waals surface area contributed by atoms with E-state index in [1.807, 2.05) is 92.1 Å². The molecule has 6 N–H and O–H groups in total. The molecule has 33 heteroatoms. The van der Waals surface area contributed by atoms with Crippen LogP contribution in [0.5, 0.6) is 17.2 Å². The number of hydrogen-bond donors (Lipinski definition) is 6. The van der Waals surface area contributed by atoms with E-state index in [-0.39, 0.29) is 50.3 Å². The van der Waals surface area contributed by atoms with Crippen LogP contribution in [-0.4, -0.2) is 86.1 Å². The van der Waals surface area contributed by atoms with Crippen molar-refractivity contribution in [3.63, 3.8) is 0 Å². The molecule has 0 saturated heterocycles. The number of ether oxygens (including phenoxy) is 3. The Bertz CT molecular complexity index is 5710. The van der Waals surface area contributed by atoms with Gasteiger partial charge >= 0.3 is 6.36 Å². The molecule has 28 nitrogen and oxygen atoms in total. The van der Waals surface area contributed by atoms with Crippen LogP contribution in [0.25, 0.3) is 67.5 Å². The second kappa shape index (κ2) is 38.6. The lowest BCUT2D eigenvalue weighted by atomic mass is 10.1. The van der Waals surface area contributed by atoms with Gasteiger partial charge in [-0.25, -0.2) is 29.9 Å². The van der Waals surface area contributed by atoms with E-state index in [0.717, 1.165) is 51.1 Å². The summed E-state index contributed by atoms with van der Waals surface area (Å²) in [4.78, 5) is 108. The smallest absolute Gasteiger partial charge is 0.497 e. The van der Waals surface area contributed by atoms with Crippen LogP contribution in [0.4, 0.5) is 13.2 Å². The maximum atomic E-state index is 12.1. The van der Waals surface area contributed by atoms with Crippen molar-refractivity contribution in [2.45, 2.75) is 24.6 Å². The predicted octanol–water partition coefficient (Wildman–Crippen LogP) is 10.9. The summed E-state index contributed by atoms with van der Waals surface area (Å²) >= 11 is 4.96. The highest BCUT2D eigenvalue weighted by Gasteiger charge is 2.31. The van der Waals surface area contributed by atoms with Crippen LogP contribution >= 0.6 is 27.7 Å². The fourth-order valence-electron chi connectivity index (χ4n) is 8.97. The molecule has 0 aliphatic carbocycles. The molecule has 0 amide bonds. The Labute approximate surface area is 609 Å². The van der Waals surface area contributed by atoms with Gasteiger partial charge in [0.25, 0.3) is 33.4 Å². The molecule has 0 radical (unpaired) electrons. The Balaban J connectivity index is 0.000000178. The van der Waals surface area contributed by atoms with Crippen LogP contribution in [0, 0.1) is 79.3 Å². The molecular weight excluding hydrogens is 1460 g/mol. The minimum absolute atomic E-state index is 0.0103. The maximum Gasteiger partial charge on any atom is 0.573 e. The number of halogens is 4. The number of alkyl halides is 3. The van der Waals surface area contributed by atoms with Gasteiger partial charge in [0.2, 0.25) is 0 Å². The van der Waals surface area contributed by atoms with Gasteiger partial charge in [-0.1, -0.05) is 71.4 Å². The molecule has 0 bridgehead atoms. The molecule has 106 heavy (non-hydrogen) atoms. The summed E-state index contributed by atoms with van der Waals surface area (Å²) in [7, 11) is 1.57. The number of aromatic amines is 6. The summed E-state index contributed by atoms with van der Waals surface area (Å²) in [5.74, 6) is 1.01. The number of nitrogens with zero attached hydrogens (tertiary/aromatic N) is 13. The molecule has 0 spiro atoms. The zero-order valence-electron chi connectivity index (χ0n) is 55.1. The highest BCUT2D eigenvalue weighted by Crippen LogP contribution is 2.30. The Hall–Kier alpha value is -15.0. The summed E-state index contributed by atoms with van der Waals surface area (Å²) in [6, 6.07) is 53.5. The van der Waals surface area contributed by atoms with Crippen molar-refractivity contribution in [3.8, 4) is 127 Å². The minimum Gasteiger partial charge on any atom is -0.497 e. The molecule has 6 aromatic heterocycles. The van der Waals surface area contributed by atoms with Crippen LogP contribution in [0.1, 0.15) is 52.3 Å². The van der Waals surface area contributed by atoms with E-state index in [0.29, 0.717) is 57.4 Å². The number of benzene rings is 6. The van der Waals surface area contributed by atoms with Crippen LogP contribution in [0.2, 0.25) is 0 Å². The van der Waals surface area contributed by atoms with Gasteiger partial charge in [-0.3, -0.25) is 28.8 Å². The summed E-state index contributed by atoms with van der Waals surface area (Å²) < 4.78 is 51.6. The topological polar surface area (TPSA) is 469 Å². The molecule has 0 fully saturated rings. The lowest BCUT2D eigenvalue weighted by Crippen LogP contribution is -2.17. The van der Waals surface area contributed by atoms with Crippen molar-refractivity contribution in [1.82, 2.24) is 59.8 Å². The summed E-state index contributed by atoms with van der Waals surface area (Å²) in [6.07, 6.45) is 5.58. The van der Waals surface area contributed by atoms with Gasteiger partial charge in [0, 0.05) is 42.7 Å². The van der Waals surface area contributed by atoms with Crippen LogP contribution in [0.15, 0.2) is 222 Å². The highest BCUT2D eigenvalue weighted by molar-refractivity contribution is 9.10. The molecule has 6 heterocycles. The molecule has 0 saturated carbocycles. The SMILES string of the molecule is CCCOc1ccc(-c2nc[nH]c(=O)c2C#N)cc1.COc1ccc(-c2nc[nH]c(=O)c2C#N)cc1.CSc1ccc(-c2nc[nH]c(=O)c2C#N)cc1.N#Cc1c(-c2cccc(Br)c2)nc[nH]c1=O.N#Cc1c(-c2cccc(OC(F)(F)F)c2)nc[nH]c1=O.N#Cc1cccc(-c2nc[nH]c(=O)c2C#N)c1. The Morgan fingerprint density at radius 1 is 0.406 bits per heavy atom. The van der Waals surface area contributed by atoms with Gasteiger partial charge in [0.05, 0.1) is 97.5 Å². The van der Waals surface area contributed by atoms with Crippen LogP contribution < -0.4 is 47.6 Å². The van der Waals surface area contributed by atoms with E-state index in [1.165, 1.54) is 43.8 Å². The first-order chi connectivity index (χ1) is 51.2.